The smallest absolute Gasteiger partial charge is 0.248 e. The molecule has 0 aromatic rings. The Kier molecular flexibility index (Phi) is 4.32. The Bertz CT molecular complexity index is 327. The number of hydrogen-bond acceptors (Lipinski definition) is 2. The zero-order valence-electron chi connectivity index (χ0n) is 11.0. The molecule has 4 heteroatoms. The van der Waals surface area contributed by atoms with Gasteiger partial charge in [0.15, 0.2) is 0 Å². The maximum atomic E-state index is 12.4. The van der Waals surface area contributed by atoms with Crippen molar-refractivity contribution in [2.75, 3.05) is 6.54 Å². The van der Waals surface area contributed by atoms with E-state index < -0.39 is 5.54 Å². The number of nitrogens with one attached hydrogen (secondary N) is 1. The van der Waals surface area contributed by atoms with E-state index >= 15 is 0 Å². The van der Waals surface area contributed by atoms with Gasteiger partial charge in [-0.05, 0) is 19.8 Å². The van der Waals surface area contributed by atoms with E-state index in [4.69, 9.17) is 0 Å². The van der Waals surface area contributed by atoms with E-state index in [-0.39, 0.29) is 17.9 Å². The number of piperazine rings is 1. The first-order valence-corrected chi connectivity index (χ1v) is 6.24. The minimum Gasteiger partial charge on any atom is -0.340 e. The number of hydrogen-bond donors (Lipinski definition) is 1. The molecule has 4 nitrogen and oxygen atoms in total. The molecule has 1 aliphatic heterocycles. The monoisotopic (exact) mass is 238 g/mol. The highest BCUT2D eigenvalue weighted by atomic mass is 16.2. The quantitative estimate of drug-likeness (QED) is 0.737. The predicted octanol–water partition coefficient (Wildman–Crippen LogP) is 1.47. The second-order valence-electron chi connectivity index (χ2n) is 4.73. The van der Waals surface area contributed by atoms with Crippen LogP contribution >= 0.6 is 0 Å². The van der Waals surface area contributed by atoms with Crippen molar-refractivity contribution in [1.82, 2.24) is 10.2 Å². The molecule has 1 aliphatic rings. The van der Waals surface area contributed by atoms with Crippen LogP contribution in [0.15, 0.2) is 12.7 Å². The van der Waals surface area contributed by atoms with Crippen LogP contribution < -0.4 is 5.32 Å². The van der Waals surface area contributed by atoms with Gasteiger partial charge in [0, 0.05) is 6.54 Å². The molecule has 0 bridgehead atoms. The van der Waals surface area contributed by atoms with Crippen molar-refractivity contribution in [3.8, 4) is 0 Å². The Labute approximate surface area is 103 Å². The molecule has 1 saturated heterocycles. The van der Waals surface area contributed by atoms with Crippen LogP contribution in [0.2, 0.25) is 0 Å². The molecule has 2 unspecified atom stereocenters. The van der Waals surface area contributed by atoms with Gasteiger partial charge in [0.2, 0.25) is 11.8 Å². The molecule has 0 aromatic heterocycles. The van der Waals surface area contributed by atoms with Crippen LogP contribution in [0.1, 0.15) is 40.0 Å². The molecule has 17 heavy (non-hydrogen) atoms. The molecule has 1 heterocycles. The van der Waals surface area contributed by atoms with Crippen molar-refractivity contribution in [3.63, 3.8) is 0 Å². The highest BCUT2D eigenvalue weighted by molar-refractivity contribution is 5.99. The third kappa shape index (κ3) is 2.51. The molecular formula is C13H22N2O2. The minimum absolute atomic E-state index is 0.00190. The molecule has 1 fully saturated rings. The maximum absolute atomic E-state index is 12.4. The minimum atomic E-state index is -0.760. The fourth-order valence-corrected chi connectivity index (χ4v) is 2.16. The summed E-state index contributed by atoms with van der Waals surface area (Å²) in [6.45, 7) is 9.80. The summed E-state index contributed by atoms with van der Waals surface area (Å²) >= 11 is 0. The van der Waals surface area contributed by atoms with Crippen LogP contribution in [0.5, 0.6) is 0 Å². The first-order chi connectivity index (χ1) is 8.00. The third-order valence-electron chi connectivity index (χ3n) is 3.41. The van der Waals surface area contributed by atoms with Gasteiger partial charge in [-0.25, -0.2) is 0 Å². The lowest BCUT2D eigenvalue weighted by atomic mass is 9.90. The van der Waals surface area contributed by atoms with Crippen molar-refractivity contribution in [2.24, 2.45) is 0 Å². The van der Waals surface area contributed by atoms with Crippen LogP contribution in [0.25, 0.3) is 0 Å². The lowest BCUT2D eigenvalue weighted by Gasteiger charge is -2.43. The van der Waals surface area contributed by atoms with E-state index in [0.717, 1.165) is 6.42 Å². The van der Waals surface area contributed by atoms with Gasteiger partial charge >= 0.3 is 0 Å². The van der Waals surface area contributed by atoms with Gasteiger partial charge in [-0.3, -0.25) is 9.59 Å². The number of rotatable bonds is 5. The standard InChI is InChI=1S/C13H22N2O2/c1-5-8-10-11(16)14-13(4,7-3)12(17)15(10)9-6-2/h6,10H,2,5,7-9H2,1,3-4H3,(H,14,16). The van der Waals surface area contributed by atoms with Gasteiger partial charge in [-0.15, -0.1) is 6.58 Å². The Hall–Kier alpha value is -1.32. The summed E-state index contributed by atoms with van der Waals surface area (Å²) in [5.74, 6) is -0.0457. The van der Waals surface area contributed by atoms with Crippen LogP contribution in [0.4, 0.5) is 0 Å². The van der Waals surface area contributed by atoms with Gasteiger partial charge < -0.3 is 10.2 Å². The molecule has 0 radical (unpaired) electrons. The zero-order valence-corrected chi connectivity index (χ0v) is 11.0. The molecule has 2 amide bonds. The van der Waals surface area contributed by atoms with Crippen LogP contribution in [0.3, 0.4) is 0 Å². The number of nitrogens with zero attached hydrogens (tertiary/aromatic N) is 1. The Morgan fingerprint density at radius 2 is 2.12 bits per heavy atom. The average molecular weight is 238 g/mol. The molecule has 0 aromatic carbocycles. The molecule has 0 spiro atoms. The lowest BCUT2D eigenvalue weighted by Crippen LogP contribution is -2.68. The van der Waals surface area contributed by atoms with Crippen LogP contribution in [-0.4, -0.2) is 34.8 Å². The van der Waals surface area contributed by atoms with Crippen LogP contribution in [0, 0.1) is 0 Å². The van der Waals surface area contributed by atoms with Gasteiger partial charge in [0.05, 0.1) is 0 Å². The Morgan fingerprint density at radius 1 is 1.47 bits per heavy atom. The van der Waals surface area contributed by atoms with Gasteiger partial charge in [-0.1, -0.05) is 26.3 Å². The summed E-state index contributed by atoms with van der Waals surface area (Å²) in [5.41, 5.74) is -0.760. The van der Waals surface area contributed by atoms with Gasteiger partial charge in [0.1, 0.15) is 11.6 Å². The molecule has 0 saturated carbocycles. The number of carbonyl (C=O) groups is 2. The molecule has 1 N–H and O–H groups in total. The van der Waals surface area contributed by atoms with Crippen molar-refractivity contribution in [3.05, 3.63) is 12.7 Å². The Morgan fingerprint density at radius 3 is 2.59 bits per heavy atom. The number of amides is 2. The highest BCUT2D eigenvalue weighted by Gasteiger charge is 2.45. The van der Waals surface area contributed by atoms with E-state index in [1.54, 1.807) is 17.9 Å². The normalized spacial score (nSPS) is 29.1. The Balaban J connectivity index is 3.00. The molecular weight excluding hydrogens is 216 g/mol. The summed E-state index contributed by atoms with van der Waals surface area (Å²) in [6, 6.07) is -0.342. The average Bonchev–Trinajstić information content (AvgIpc) is 2.31. The van der Waals surface area contributed by atoms with E-state index in [1.807, 2.05) is 13.8 Å². The number of carbonyl (C=O) groups excluding carboxylic acids is 2. The topological polar surface area (TPSA) is 49.4 Å². The maximum Gasteiger partial charge on any atom is 0.248 e. The molecule has 0 aliphatic carbocycles. The largest absolute Gasteiger partial charge is 0.340 e. The van der Waals surface area contributed by atoms with Gasteiger partial charge in [-0.2, -0.15) is 0 Å². The predicted molar refractivity (Wildman–Crippen MR) is 67.4 cm³/mol. The first-order valence-electron chi connectivity index (χ1n) is 6.24. The van der Waals surface area contributed by atoms with Crippen LogP contribution in [-0.2, 0) is 9.59 Å². The highest BCUT2D eigenvalue weighted by Crippen LogP contribution is 2.23. The van der Waals surface area contributed by atoms with Crippen molar-refractivity contribution >= 4 is 11.8 Å². The van der Waals surface area contributed by atoms with E-state index in [9.17, 15) is 9.59 Å². The SMILES string of the molecule is C=CCN1C(=O)C(C)(CC)NC(=O)C1CCC. The second-order valence-corrected chi connectivity index (χ2v) is 4.73. The van der Waals surface area contributed by atoms with E-state index in [2.05, 4.69) is 11.9 Å². The van der Waals surface area contributed by atoms with Gasteiger partial charge in [0.25, 0.3) is 0 Å². The third-order valence-corrected chi connectivity index (χ3v) is 3.41. The second kappa shape index (κ2) is 5.34. The fourth-order valence-electron chi connectivity index (χ4n) is 2.16. The van der Waals surface area contributed by atoms with Crippen molar-refractivity contribution < 1.29 is 9.59 Å². The van der Waals surface area contributed by atoms with E-state index in [0.29, 0.717) is 19.4 Å². The molecule has 1 rings (SSSR count). The summed E-state index contributed by atoms with van der Waals surface area (Å²) in [4.78, 5) is 26.1. The first kappa shape index (κ1) is 13.7. The van der Waals surface area contributed by atoms with E-state index in [1.165, 1.54) is 0 Å². The zero-order chi connectivity index (χ0) is 13.1. The van der Waals surface area contributed by atoms with Crippen molar-refractivity contribution in [1.29, 1.82) is 0 Å². The fraction of sp³-hybridized carbons (Fsp3) is 0.692. The lowest BCUT2D eigenvalue weighted by molar-refractivity contribution is -0.154. The summed E-state index contributed by atoms with van der Waals surface area (Å²) in [7, 11) is 0. The molecule has 2 atom stereocenters. The summed E-state index contributed by atoms with van der Waals surface area (Å²) in [6.07, 6.45) is 3.85. The summed E-state index contributed by atoms with van der Waals surface area (Å²) < 4.78 is 0. The summed E-state index contributed by atoms with van der Waals surface area (Å²) in [5, 5.41) is 2.85. The molecule has 96 valence electrons. The van der Waals surface area contributed by atoms with Crippen molar-refractivity contribution in [2.45, 2.75) is 51.6 Å².